The van der Waals surface area contributed by atoms with Crippen molar-refractivity contribution >= 4 is 29.4 Å². The summed E-state index contributed by atoms with van der Waals surface area (Å²) in [6, 6.07) is 6.36. The normalized spacial score (nSPS) is 17.9. The van der Waals surface area contributed by atoms with Gasteiger partial charge in [0.15, 0.2) is 11.9 Å². The van der Waals surface area contributed by atoms with Crippen LogP contribution in [0.5, 0.6) is 0 Å². The highest BCUT2D eigenvalue weighted by Crippen LogP contribution is 2.30. The van der Waals surface area contributed by atoms with Crippen LogP contribution in [0.1, 0.15) is 68.9 Å². The van der Waals surface area contributed by atoms with Crippen molar-refractivity contribution in [1.29, 1.82) is 0 Å². The summed E-state index contributed by atoms with van der Waals surface area (Å²) in [4.78, 5) is 31.7. The van der Waals surface area contributed by atoms with Gasteiger partial charge in [-0.15, -0.1) is 0 Å². The molecule has 0 unspecified atom stereocenters. The van der Waals surface area contributed by atoms with Crippen molar-refractivity contribution in [3.63, 3.8) is 0 Å². The first kappa shape index (κ1) is 27.2. The number of likely N-dealkylation sites (N-methyl/N-ethyl adjacent to an activating group) is 1. The van der Waals surface area contributed by atoms with E-state index < -0.39 is 5.82 Å². The lowest BCUT2D eigenvalue weighted by atomic mass is 9.83. The van der Waals surface area contributed by atoms with Gasteiger partial charge >= 0.3 is 0 Å². The molecule has 9 heteroatoms. The Hall–Kier alpha value is -2.84. The Morgan fingerprint density at radius 3 is 2.51 bits per heavy atom. The maximum Gasteiger partial charge on any atom is 0.225 e. The monoisotopic (exact) mass is 527 g/mol. The van der Waals surface area contributed by atoms with Crippen molar-refractivity contribution < 1.29 is 14.0 Å². The molecule has 0 spiro atoms. The van der Waals surface area contributed by atoms with Gasteiger partial charge in [-0.1, -0.05) is 31.9 Å². The van der Waals surface area contributed by atoms with Crippen LogP contribution in [0.4, 0.5) is 4.39 Å². The number of aldehydes is 1. The van der Waals surface area contributed by atoms with Gasteiger partial charge in [-0.3, -0.25) is 14.5 Å². The maximum atomic E-state index is 13.3. The lowest BCUT2D eigenvalue weighted by Crippen LogP contribution is -2.60. The third kappa shape index (κ3) is 5.85. The van der Waals surface area contributed by atoms with Crippen LogP contribution in [-0.4, -0.2) is 68.8 Å². The van der Waals surface area contributed by atoms with Gasteiger partial charge in [0.2, 0.25) is 5.91 Å². The molecule has 3 aromatic rings. The third-order valence-corrected chi connectivity index (χ3v) is 7.80. The molecule has 0 radical (unpaired) electrons. The Kier molecular flexibility index (Phi) is 7.99. The SMILES string of the molecule is CC(C)c1cc(-c2ccc(F)c(Cl)c2)nn2cc(C=O)nc12.CN1CCN(C(=O)C2CCC2)CC1(C)C. The number of nitrogens with zero attached hydrogens (tertiary/aromatic N) is 5. The number of benzene rings is 1. The molecule has 2 aliphatic rings. The molecule has 7 nitrogen and oxygen atoms in total. The smallest absolute Gasteiger partial charge is 0.225 e. The van der Waals surface area contributed by atoms with Gasteiger partial charge in [-0.2, -0.15) is 5.10 Å². The molecule has 1 aliphatic heterocycles. The minimum atomic E-state index is -0.471. The molecule has 198 valence electrons. The van der Waals surface area contributed by atoms with E-state index in [-0.39, 0.29) is 16.5 Å². The van der Waals surface area contributed by atoms with Gasteiger partial charge in [0.25, 0.3) is 0 Å². The molecule has 3 heterocycles. The van der Waals surface area contributed by atoms with Crippen molar-refractivity contribution in [1.82, 2.24) is 24.4 Å². The number of carbonyl (C=O) groups is 2. The molecule has 1 amide bonds. The van der Waals surface area contributed by atoms with Crippen LogP contribution in [0.2, 0.25) is 5.02 Å². The van der Waals surface area contributed by atoms with Crippen molar-refractivity contribution in [3.8, 4) is 11.3 Å². The van der Waals surface area contributed by atoms with Crippen LogP contribution >= 0.6 is 11.6 Å². The Labute approximate surface area is 222 Å². The largest absolute Gasteiger partial charge is 0.339 e. The average molecular weight is 528 g/mol. The molecule has 1 saturated heterocycles. The van der Waals surface area contributed by atoms with Crippen molar-refractivity contribution in [2.75, 3.05) is 26.7 Å². The Morgan fingerprint density at radius 2 is 1.95 bits per heavy atom. The fourth-order valence-electron chi connectivity index (χ4n) is 4.64. The van der Waals surface area contributed by atoms with E-state index >= 15 is 0 Å². The quantitative estimate of drug-likeness (QED) is 0.421. The Bertz CT molecular complexity index is 1300. The van der Waals surface area contributed by atoms with Gasteiger partial charge in [0.1, 0.15) is 11.5 Å². The number of carbonyl (C=O) groups excluding carboxylic acids is 2. The van der Waals surface area contributed by atoms with Crippen LogP contribution in [0, 0.1) is 11.7 Å². The number of hydrogen-bond donors (Lipinski definition) is 0. The lowest BCUT2D eigenvalue weighted by molar-refractivity contribution is -0.142. The summed E-state index contributed by atoms with van der Waals surface area (Å²) in [6.45, 7) is 11.3. The summed E-state index contributed by atoms with van der Waals surface area (Å²) in [5.74, 6) is 0.482. The van der Waals surface area contributed by atoms with E-state index in [1.807, 2.05) is 19.9 Å². The number of imidazole rings is 1. The minimum Gasteiger partial charge on any atom is -0.339 e. The second-order valence-corrected chi connectivity index (χ2v) is 11.3. The minimum absolute atomic E-state index is 0.0460. The standard InChI is InChI=1S/C16H13ClFN3O.C12H22N2O/c1-9(2)12-6-15(10-3-4-14(18)13(17)5-10)20-21-7-11(8-22)19-16(12)21;1-12(2)9-14(8-7-13(12)3)11(15)10-5-4-6-10/h3-9H,1-2H3;10H,4-9H2,1-3H3. The summed E-state index contributed by atoms with van der Waals surface area (Å²) in [5, 5.41) is 4.49. The lowest BCUT2D eigenvalue weighted by Gasteiger charge is -2.46. The summed E-state index contributed by atoms with van der Waals surface area (Å²) in [5.41, 5.74) is 3.42. The number of aromatic nitrogens is 3. The molecule has 0 bridgehead atoms. The molecule has 37 heavy (non-hydrogen) atoms. The molecule has 1 aromatic carbocycles. The number of amides is 1. The highest BCUT2D eigenvalue weighted by Gasteiger charge is 2.37. The van der Waals surface area contributed by atoms with Gasteiger partial charge in [0.05, 0.1) is 16.9 Å². The number of fused-ring (bicyclic) bond motifs is 1. The van der Waals surface area contributed by atoms with Crippen molar-refractivity contribution in [3.05, 3.63) is 52.6 Å². The predicted octanol–water partition coefficient (Wildman–Crippen LogP) is 5.46. The van der Waals surface area contributed by atoms with Gasteiger partial charge in [-0.25, -0.2) is 13.9 Å². The predicted molar refractivity (Wildman–Crippen MR) is 143 cm³/mol. The highest BCUT2D eigenvalue weighted by atomic mass is 35.5. The Morgan fingerprint density at radius 1 is 1.22 bits per heavy atom. The first-order valence-electron chi connectivity index (χ1n) is 12.8. The fraction of sp³-hybridized carbons (Fsp3) is 0.500. The van der Waals surface area contributed by atoms with Gasteiger partial charge in [0, 0.05) is 42.2 Å². The maximum absolute atomic E-state index is 13.3. The first-order chi connectivity index (χ1) is 17.5. The molecule has 1 aliphatic carbocycles. The third-order valence-electron chi connectivity index (χ3n) is 7.51. The number of halogens is 2. The summed E-state index contributed by atoms with van der Waals surface area (Å²) >= 11 is 5.84. The number of rotatable bonds is 4. The zero-order valence-corrected chi connectivity index (χ0v) is 22.9. The van der Waals surface area contributed by atoms with E-state index in [9.17, 15) is 14.0 Å². The molecule has 2 fully saturated rings. The molecule has 0 atom stereocenters. The van der Waals surface area contributed by atoms with Crippen LogP contribution in [0.15, 0.2) is 30.5 Å². The van der Waals surface area contributed by atoms with E-state index in [1.165, 1.54) is 18.6 Å². The average Bonchev–Trinajstić information content (AvgIpc) is 3.24. The van der Waals surface area contributed by atoms with Gasteiger partial charge < -0.3 is 4.90 Å². The summed E-state index contributed by atoms with van der Waals surface area (Å²) in [6.07, 6.45) is 5.74. The van der Waals surface area contributed by atoms with E-state index in [1.54, 1.807) is 16.8 Å². The number of hydrogen-bond acceptors (Lipinski definition) is 5. The molecule has 0 N–H and O–H groups in total. The first-order valence-corrected chi connectivity index (χ1v) is 13.2. The second-order valence-electron chi connectivity index (χ2n) is 10.9. The van der Waals surface area contributed by atoms with E-state index in [2.05, 4.69) is 40.8 Å². The van der Waals surface area contributed by atoms with E-state index in [4.69, 9.17) is 11.6 Å². The molecule has 2 aromatic heterocycles. The molecule has 5 rings (SSSR count). The summed E-state index contributed by atoms with van der Waals surface area (Å²) < 4.78 is 14.9. The van der Waals surface area contributed by atoms with Crippen LogP contribution < -0.4 is 0 Å². The van der Waals surface area contributed by atoms with Crippen molar-refractivity contribution in [2.24, 2.45) is 5.92 Å². The number of piperazine rings is 1. The molecule has 1 saturated carbocycles. The zero-order chi connectivity index (χ0) is 26.9. The van der Waals surface area contributed by atoms with Gasteiger partial charge in [-0.05, 0) is 63.9 Å². The topological polar surface area (TPSA) is 70.8 Å². The molecular weight excluding hydrogens is 493 g/mol. The fourth-order valence-corrected chi connectivity index (χ4v) is 4.82. The van der Waals surface area contributed by atoms with Crippen LogP contribution in [0.3, 0.4) is 0 Å². The summed E-state index contributed by atoms with van der Waals surface area (Å²) in [7, 11) is 2.14. The molecular formula is C28H35ClFN5O2. The van der Waals surface area contributed by atoms with Crippen LogP contribution in [-0.2, 0) is 4.79 Å². The van der Waals surface area contributed by atoms with E-state index in [0.29, 0.717) is 40.7 Å². The zero-order valence-electron chi connectivity index (χ0n) is 22.2. The van der Waals surface area contributed by atoms with E-state index in [0.717, 1.165) is 38.0 Å². The second kappa shape index (κ2) is 10.9. The van der Waals surface area contributed by atoms with Crippen molar-refractivity contribution in [2.45, 2.75) is 58.4 Å². The van der Waals surface area contributed by atoms with Crippen LogP contribution in [0.25, 0.3) is 16.9 Å². The Balaban J connectivity index is 0.000000186. The highest BCUT2D eigenvalue weighted by molar-refractivity contribution is 6.31.